The zero-order valence-corrected chi connectivity index (χ0v) is 14.0. The molecule has 118 valence electrons. The third-order valence-corrected chi connectivity index (χ3v) is 6.02. The summed E-state index contributed by atoms with van der Waals surface area (Å²) < 4.78 is 25.5. The second-order valence-corrected chi connectivity index (χ2v) is 8.34. The molecule has 0 radical (unpaired) electrons. The highest BCUT2D eigenvalue weighted by atomic mass is 32.2. The molecule has 1 aliphatic heterocycles. The van der Waals surface area contributed by atoms with Gasteiger partial charge in [0.25, 0.3) is 0 Å². The number of hydrogen-bond donors (Lipinski definition) is 1. The predicted octanol–water partition coefficient (Wildman–Crippen LogP) is 2.14. The lowest BCUT2D eigenvalue weighted by Crippen LogP contribution is -2.41. The van der Waals surface area contributed by atoms with E-state index in [0.717, 1.165) is 18.7 Å². The van der Waals surface area contributed by atoms with Crippen LogP contribution in [-0.4, -0.2) is 39.4 Å². The Kier molecular flexibility index (Phi) is 4.49. The van der Waals surface area contributed by atoms with Gasteiger partial charge in [0.2, 0.25) is 10.0 Å². The van der Waals surface area contributed by atoms with Crippen LogP contribution in [0.4, 0.5) is 11.4 Å². The van der Waals surface area contributed by atoms with E-state index in [4.69, 9.17) is 5.73 Å². The van der Waals surface area contributed by atoms with E-state index in [2.05, 4.69) is 18.7 Å². The van der Waals surface area contributed by atoms with Crippen LogP contribution in [0, 0.1) is 5.92 Å². The van der Waals surface area contributed by atoms with E-state index < -0.39 is 10.0 Å². The van der Waals surface area contributed by atoms with Crippen molar-refractivity contribution in [1.82, 2.24) is 4.31 Å². The minimum atomic E-state index is -3.44. The Bertz CT molecular complexity index is 613. The van der Waals surface area contributed by atoms with Crippen molar-refractivity contribution in [3.8, 4) is 0 Å². The Hall–Kier alpha value is -1.27. The Morgan fingerprint density at radius 3 is 2.48 bits per heavy atom. The minimum absolute atomic E-state index is 0.242. The van der Waals surface area contributed by atoms with Crippen molar-refractivity contribution in [2.45, 2.75) is 37.6 Å². The molecule has 0 saturated carbocycles. The fourth-order valence-corrected chi connectivity index (χ4v) is 3.73. The second kappa shape index (κ2) is 5.85. The molecule has 1 saturated heterocycles. The van der Waals surface area contributed by atoms with Crippen molar-refractivity contribution >= 4 is 21.4 Å². The molecule has 0 spiro atoms. The van der Waals surface area contributed by atoms with Gasteiger partial charge in [-0.2, -0.15) is 0 Å². The van der Waals surface area contributed by atoms with Crippen LogP contribution in [0.3, 0.4) is 0 Å². The molecule has 1 aromatic carbocycles. The van der Waals surface area contributed by atoms with E-state index in [-0.39, 0.29) is 4.90 Å². The van der Waals surface area contributed by atoms with Gasteiger partial charge in [0.05, 0.1) is 16.3 Å². The number of hydrogen-bond acceptors (Lipinski definition) is 4. The van der Waals surface area contributed by atoms with Gasteiger partial charge in [0.1, 0.15) is 0 Å². The number of nitrogens with two attached hydrogens (primary N) is 1. The minimum Gasteiger partial charge on any atom is -0.397 e. The number of piperidine rings is 1. The summed E-state index contributed by atoms with van der Waals surface area (Å²) in [5.74, 6) is 0.630. The Labute approximate surface area is 127 Å². The van der Waals surface area contributed by atoms with Gasteiger partial charge in [-0.05, 0) is 43.9 Å². The fourth-order valence-electron chi connectivity index (χ4n) is 2.79. The lowest BCUT2D eigenvalue weighted by molar-refractivity contribution is 0.390. The number of rotatable bonds is 3. The molecule has 1 heterocycles. The standard InChI is InChI=1S/C15H25N3O2S/c1-11-5-6-12(2)18(10-11)15-8-7-13(9-14(15)16)21(19,20)17(3)4/h7-9,11-12H,5-6,10,16H2,1-4H3. The molecule has 5 nitrogen and oxygen atoms in total. The molecule has 1 fully saturated rings. The van der Waals surface area contributed by atoms with Gasteiger partial charge in [0.15, 0.2) is 0 Å². The molecular formula is C15H25N3O2S. The molecule has 21 heavy (non-hydrogen) atoms. The Balaban J connectivity index is 2.36. The quantitative estimate of drug-likeness (QED) is 0.869. The van der Waals surface area contributed by atoms with E-state index in [1.165, 1.54) is 24.8 Å². The molecule has 0 aromatic heterocycles. The number of nitrogens with zero attached hydrogens (tertiary/aromatic N) is 2. The van der Waals surface area contributed by atoms with E-state index >= 15 is 0 Å². The van der Waals surface area contributed by atoms with E-state index in [9.17, 15) is 8.42 Å². The van der Waals surface area contributed by atoms with Crippen LogP contribution in [0.5, 0.6) is 0 Å². The average molecular weight is 311 g/mol. The third kappa shape index (κ3) is 3.16. The first-order chi connectivity index (χ1) is 9.73. The van der Waals surface area contributed by atoms with Gasteiger partial charge < -0.3 is 10.6 Å². The highest BCUT2D eigenvalue weighted by Crippen LogP contribution is 2.33. The maximum atomic E-state index is 12.1. The van der Waals surface area contributed by atoms with Gasteiger partial charge >= 0.3 is 0 Å². The summed E-state index contributed by atoms with van der Waals surface area (Å²) in [6.45, 7) is 5.39. The average Bonchev–Trinajstić information content (AvgIpc) is 2.41. The van der Waals surface area contributed by atoms with Crippen LogP contribution in [0.1, 0.15) is 26.7 Å². The summed E-state index contributed by atoms with van der Waals surface area (Å²) in [5.41, 5.74) is 7.60. The Morgan fingerprint density at radius 1 is 1.24 bits per heavy atom. The first-order valence-electron chi connectivity index (χ1n) is 7.32. The van der Waals surface area contributed by atoms with Gasteiger partial charge in [-0.3, -0.25) is 0 Å². The lowest BCUT2D eigenvalue weighted by Gasteiger charge is -2.39. The first-order valence-corrected chi connectivity index (χ1v) is 8.76. The van der Waals surface area contributed by atoms with Crippen molar-refractivity contribution in [1.29, 1.82) is 0 Å². The van der Waals surface area contributed by atoms with Crippen molar-refractivity contribution in [2.75, 3.05) is 31.3 Å². The molecule has 2 rings (SSSR count). The summed E-state index contributed by atoms with van der Waals surface area (Å²) in [4.78, 5) is 2.53. The zero-order chi connectivity index (χ0) is 15.8. The summed E-state index contributed by atoms with van der Waals surface area (Å²) in [7, 11) is -0.393. The van der Waals surface area contributed by atoms with Crippen LogP contribution in [0.2, 0.25) is 0 Å². The molecule has 1 aromatic rings. The summed E-state index contributed by atoms with van der Waals surface area (Å²) in [5, 5.41) is 0. The number of sulfonamides is 1. The lowest BCUT2D eigenvalue weighted by atomic mass is 9.94. The summed E-state index contributed by atoms with van der Waals surface area (Å²) >= 11 is 0. The van der Waals surface area contributed by atoms with Crippen LogP contribution in [0.25, 0.3) is 0 Å². The molecule has 2 N–H and O–H groups in total. The molecule has 2 atom stereocenters. The molecule has 2 unspecified atom stereocenters. The molecule has 0 bridgehead atoms. The molecular weight excluding hydrogens is 286 g/mol. The van der Waals surface area contributed by atoms with Gasteiger partial charge in [-0.1, -0.05) is 6.92 Å². The van der Waals surface area contributed by atoms with Gasteiger partial charge in [0, 0.05) is 26.7 Å². The van der Waals surface area contributed by atoms with Crippen molar-refractivity contribution in [3.63, 3.8) is 0 Å². The predicted molar refractivity (Wildman–Crippen MR) is 86.9 cm³/mol. The molecule has 1 aliphatic rings. The summed E-state index contributed by atoms with van der Waals surface area (Å²) in [6.07, 6.45) is 2.36. The number of benzene rings is 1. The van der Waals surface area contributed by atoms with E-state index in [1.807, 2.05) is 6.07 Å². The largest absolute Gasteiger partial charge is 0.397 e. The van der Waals surface area contributed by atoms with Gasteiger partial charge in [-0.15, -0.1) is 0 Å². The van der Waals surface area contributed by atoms with Crippen molar-refractivity contribution in [3.05, 3.63) is 18.2 Å². The van der Waals surface area contributed by atoms with E-state index in [0.29, 0.717) is 17.6 Å². The SMILES string of the molecule is CC1CCC(C)N(c2ccc(S(=O)(=O)N(C)C)cc2N)C1. The van der Waals surface area contributed by atoms with Crippen LogP contribution < -0.4 is 10.6 Å². The summed E-state index contributed by atoms with van der Waals surface area (Å²) in [6, 6.07) is 5.48. The second-order valence-electron chi connectivity index (χ2n) is 6.19. The monoisotopic (exact) mass is 311 g/mol. The fraction of sp³-hybridized carbons (Fsp3) is 0.600. The Morgan fingerprint density at radius 2 is 1.90 bits per heavy atom. The molecule has 0 amide bonds. The maximum Gasteiger partial charge on any atom is 0.242 e. The highest BCUT2D eigenvalue weighted by Gasteiger charge is 2.25. The van der Waals surface area contributed by atoms with Gasteiger partial charge in [-0.25, -0.2) is 12.7 Å². The molecule has 0 aliphatic carbocycles. The third-order valence-electron chi connectivity index (χ3n) is 4.20. The first kappa shape index (κ1) is 16.1. The van der Waals surface area contributed by atoms with Crippen molar-refractivity contribution < 1.29 is 8.42 Å². The zero-order valence-electron chi connectivity index (χ0n) is 13.2. The maximum absolute atomic E-state index is 12.1. The smallest absolute Gasteiger partial charge is 0.242 e. The normalized spacial score (nSPS) is 23.6. The number of anilines is 2. The van der Waals surface area contributed by atoms with Crippen LogP contribution in [0.15, 0.2) is 23.1 Å². The van der Waals surface area contributed by atoms with Crippen LogP contribution >= 0.6 is 0 Å². The highest BCUT2D eigenvalue weighted by molar-refractivity contribution is 7.89. The van der Waals surface area contributed by atoms with Crippen LogP contribution in [-0.2, 0) is 10.0 Å². The van der Waals surface area contributed by atoms with E-state index in [1.54, 1.807) is 12.1 Å². The molecule has 6 heteroatoms. The van der Waals surface area contributed by atoms with Crippen molar-refractivity contribution in [2.24, 2.45) is 5.92 Å². The number of nitrogen functional groups attached to an aromatic ring is 1. The topological polar surface area (TPSA) is 66.6 Å².